The van der Waals surface area contributed by atoms with Gasteiger partial charge in [0.15, 0.2) is 0 Å². The molecule has 1 fully saturated rings. The summed E-state index contributed by atoms with van der Waals surface area (Å²) in [5.41, 5.74) is -0.536. The minimum atomic E-state index is -0.536. The van der Waals surface area contributed by atoms with Crippen molar-refractivity contribution in [3.63, 3.8) is 0 Å². The fourth-order valence-corrected chi connectivity index (χ4v) is 1.17. The molecule has 1 N–H and O–H groups in total. The molecular formula is C6H10O2. The number of carbonyl (C=O) groups excluding carboxylic acids is 1. The third kappa shape index (κ3) is 0.892. The Kier molecular flexibility index (Phi) is 1.12. The van der Waals surface area contributed by atoms with Crippen molar-refractivity contribution < 1.29 is 9.90 Å². The maximum absolute atomic E-state index is 9.96. The molecule has 1 rings (SSSR count). The van der Waals surface area contributed by atoms with Crippen molar-refractivity contribution in [2.45, 2.75) is 25.4 Å². The van der Waals surface area contributed by atoms with Gasteiger partial charge in [-0.05, 0) is 19.8 Å². The zero-order valence-electron chi connectivity index (χ0n) is 4.92. The number of hydrogen-bond acceptors (Lipinski definition) is 2. The number of carbonyl (C=O) groups is 1. The third-order valence-corrected chi connectivity index (χ3v) is 1.60. The van der Waals surface area contributed by atoms with Gasteiger partial charge >= 0.3 is 0 Å². The van der Waals surface area contributed by atoms with Gasteiger partial charge in [0.1, 0.15) is 6.29 Å². The lowest BCUT2D eigenvalue weighted by molar-refractivity contribution is -0.124. The van der Waals surface area contributed by atoms with Gasteiger partial charge in [-0.1, -0.05) is 0 Å². The van der Waals surface area contributed by atoms with Crippen molar-refractivity contribution in [1.82, 2.24) is 0 Å². The average Bonchev–Trinajstić information content (AvgIpc) is 1.60. The first-order valence-corrected chi connectivity index (χ1v) is 2.82. The highest BCUT2D eigenvalue weighted by molar-refractivity contribution is 5.55. The molecule has 0 saturated heterocycles. The highest BCUT2D eigenvalue weighted by Crippen LogP contribution is 2.35. The molecule has 0 atom stereocenters. The highest BCUT2D eigenvalue weighted by Gasteiger charge is 2.37. The van der Waals surface area contributed by atoms with Gasteiger partial charge in [-0.25, -0.2) is 0 Å². The third-order valence-electron chi connectivity index (χ3n) is 1.60. The summed E-state index contributed by atoms with van der Waals surface area (Å²) >= 11 is 0. The predicted octanol–water partition coefficient (Wildman–Crippen LogP) is 0.346. The number of aliphatic hydroxyl groups is 1. The van der Waals surface area contributed by atoms with E-state index in [1.807, 2.05) is 0 Å². The topological polar surface area (TPSA) is 37.3 Å². The number of rotatable bonds is 1. The monoisotopic (exact) mass is 114 g/mol. The molecule has 0 aliphatic heterocycles. The summed E-state index contributed by atoms with van der Waals surface area (Å²) in [5, 5.41) is 9.06. The molecule has 0 heterocycles. The van der Waals surface area contributed by atoms with E-state index in [-0.39, 0.29) is 5.92 Å². The van der Waals surface area contributed by atoms with Gasteiger partial charge in [-0.2, -0.15) is 0 Å². The summed E-state index contributed by atoms with van der Waals surface area (Å²) in [5.74, 6) is 0.130. The zero-order valence-corrected chi connectivity index (χ0v) is 4.92. The van der Waals surface area contributed by atoms with Gasteiger partial charge in [-0.15, -0.1) is 0 Å². The molecule has 0 radical (unpaired) electrons. The van der Waals surface area contributed by atoms with Crippen LogP contribution in [-0.4, -0.2) is 17.0 Å². The fourth-order valence-electron chi connectivity index (χ4n) is 1.17. The molecule has 1 aliphatic carbocycles. The average molecular weight is 114 g/mol. The van der Waals surface area contributed by atoms with Crippen LogP contribution in [0.4, 0.5) is 0 Å². The first kappa shape index (κ1) is 5.76. The van der Waals surface area contributed by atoms with Crippen molar-refractivity contribution in [1.29, 1.82) is 0 Å². The Bertz CT molecular complexity index is 99.1. The van der Waals surface area contributed by atoms with Gasteiger partial charge in [0, 0.05) is 5.92 Å². The van der Waals surface area contributed by atoms with Gasteiger partial charge in [0.05, 0.1) is 5.60 Å². The molecule has 46 valence electrons. The van der Waals surface area contributed by atoms with Crippen molar-refractivity contribution in [2.24, 2.45) is 5.92 Å². The summed E-state index contributed by atoms with van der Waals surface area (Å²) in [6, 6.07) is 0. The van der Waals surface area contributed by atoms with Crippen LogP contribution in [0.1, 0.15) is 19.8 Å². The first-order chi connectivity index (χ1) is 3.64. The van der Waals surface area contributed by atoms with E-state index in [4.69, 9.17) is 5.11 Å². The summed E-state index contributed by atoms with van der Waals surface area (Å²) < 4.78 is 0. The lowest BCUT2D eigenvalue weighted by Gasteiger charge is -2.37. The van der Waals surface area contributed by atoms with Crippen LogP contribution in [0.5, 0.6) is 0 Å². The predicted molar refractivity (Wildman–Crippen MR) is 29.4 cm³/mol. The molecule has 0 spiro atoms. The van der Waals surface area contributed by atoms with Gasteiger partial charge in [0.2, 0.25) is 0 Å². The Labute approximate surface area is 48.5 Å². The lowest BCUT2D eigenvalue weighted by Crippen LogP contribution is -2.41. The van der Waals surface area contributed by atoms with E-state index in [1.54, 1.807) is 6.92 Å². The van der Waals surface area contributed by atoms with Crippen LogP contribution in [0.3, 0.4) is 0 Å². The van der Waals surface area contributed by atoms with E-state index in [1.165, 1.54) is 0 Å². The van der Waals surface area contributed by atoms with E-state index in [0.29, 0.717) is 12.8 Å². The van der Waals surface area contributed by atoms with E-state index in [9.17, 15) is 4.79 Å². The standard InChI is InChI=1S/C6H10O2/c1-6(8)2-5(3-6)4-7/h4-5,8H,2-3H2,1H3. The normalized spacial score (nSPS) is 45.5. The molecule has 0 aromatic rings. The fraction of sp³-hybridized carbons (Fsp3) is 0.833. The second kappa shape index (κ2) is 1.55. The van der Waals surface area contributed by atoms with Crippen LogP contribution < -0.4 is 0 Å². The largest absolute Gasteiger partial charge is 0.390 e. The summed E-state index contributed by atoms with van der Waals surface area (Å²) in [6.07, 6.45) is 2.21. The number of hydrogen-bond donors (Lipinski definition) is 1. The van der Waals surface area contributed by atoms with Crippen LogP contribution in [0.15, 0.2) is 0 Å². The van der Waals surface area contributed by atoms with E-state index >= 15 is 0 Å². The summed E-state index contributed by atoms with van der Waals surface area (Å²) in [6.45, 7) is 1.76. The van der Waals surface area contributed by atoms with Gasteiger partial charge < -0.3 is 9.90 Å². The van der Waals surface area contributed by atoms with Gasteiger partial charge in [0.25, 0.3) is 0 Å². The van der Waals surface area contributed by atoms with Crippen LogP contribution in [0.2, 0.25) is 0 Å². The molecule has 1 saturated carbocycles. The quantitative estimate of drug-likeness (QED) is 0.499. The van der Waals surface area contributed by atoms with Crippen LogP contribution in [0, 0.1) is 5.92 Å². The van der Waals surface area contributed by atoms with Gasteiger partial charge in [-0.3, -0.25) is 0 Å². The lowest BCUT2D eigenvalue weighted by atomic mass is 9.73. The van der Waals surface area contributed by atoms with Crippen molar-refractivity contribution in [3.05, 3.63) is 0 Å². The second-order valence-electron chi connectivity index (χ2n) is 2.80. The molecule has 0 aromatic heterocycles. The Morgan fingerprint density at radius 3 is 2.38 bits per heavy atom. The molecule has 1 aliphatic rings. The van der Waals surface area contributed by atoms with Crippen LogP contribution >= 0.6 is 0 Å². The second-order valence-corrected chi connectivity index (χ2v) is 2.80. The SMILES string of the molecule is CC1(O)CC(C=O)C1. The van der Waals surface area contributed by atoms with E-state index < -0.39 is 5.60 Å². The molecule has 0 bridgehead atoms. The Morgan fingerprint density at radius 1 is 1.75 bits per heavy atom. The molecule has 8 heavy (non-hydrogen) atoms. The van der Waals surface area contributed by atoms with Crippen LogP contribution in [0.25, 0.3) is 0 Å². The van der Waals surface area contributed by atoms with Crippen molar-refractivity contribution in [2.75, 3.05) is 0 Å². The Hall–Kier alpha value is -0.370. The minimum absolute atomic E-state index is 0.130. The zero-order chi connectivity index (χ0) is 6.20. The maximum atomic E-state index is 9.96. The summed E-state index contributed by atoms with van der Waals surface area (Å²) in [4.78, 5) is 9.96. The molecular weight excluding hydrogens is 104 g/mol. The van der Waals surface area contributed by atoms with E-state index in [2.05, 4.69) is 0 Å². The smallest absolute Gasteiger partial charge is 0.123 e. The highest BCUT2D eigenvalue weighted by atomic mass is 16.3. The molecule has 0 amide bonds. The van der Waals surface area contributed by atoms with E-state index in [0.717, 1.165) is 6.29 Å². The first-order valence-electron chi connectivity index (χ1n) is 2.82. The molecule has 2 nitrogen and oxygen atoms in total. The summed E-state index contributed by atoms with van der Waals surface area (Å²) in [7, 11) is 0. The minimum Gasteiger partial charge on any atom is -0.390 e. The van der Waals surface area contributed by atoms with Crippen molar-refractivity contribution in [3.8, 4) is 0 Å². The maximum Gasteiger partial charge on any atom is 0.123 e. The molecule has 0 unspecified atom stereocenters. The molecule has 0 aromatic carbocycles. The van der Waals surface area contributed by atoms with Crippen LogP contribution in [-0.2, 0) is 4.79 Å². The number of aldehydes is 1. The van der Waals surface area contributed by atoms with Crippen molar-refractivity contribution >= 4 is 6.29 Å². The molecule has 2 heteroatoms. The Balaban J connectivity index is 2.31. The Morgan fingerprint density at radius 2 is 2.25 bits per heavy atom.